The lowest BCUT2D eigenvalue weighted by Gasteiger charge is -2.21. The number of hydrazone groups is 1. The van der Waals surface area contributed by atoms with Gasteiger partial charge in [-0.25, -0.2) is 14.8 Å². The van der Waals surface area contributed by atoms with Crippen molar-refractivity contribution in [3.63, 3.8) is 0 Å². The number of benzene rings is 1. The van der Waals surface area contributed by atoms with Crippen LogP contribution >= 0.6 is 11.3 Å². The number of pyridine rings is 1. The van der Waals surface area contributed by atoms with Gasteiger partial charge in [0.2, 0.25) is 5.95 Å². The molecule has 1 aliphatic heterocycles. The third-order valence-electron chi connectivity index (χ3n) is 5.35. The van der Waals surface area contributed by atoms with E-state index in [1.807, 2.05) is 35.2 Å². The van der Waals surface area contributed by atoms with Gasteiger partial charge in [-0.05, 0) is 47.7 Å². The van der Waals surface area contributed by atoms with Crippen LogP contribution in [0.4, 0.5) is 27.5 Å². The molecule has 0 radical (unpaired) electrons. The second kappa shape index (κ2) is 11.0. The molecule has 35 heavy (non-hydrogen) atoms. The van der Waals surface area contributed by atoms with E-state index in [1.54, 1.807) is 23.7 Å². The Kier molecular flexibility index (Phi) is 7.21. The van der Waals surface area contributed by atoms with Gasteiger partial charge in [0.05, 0.1) is 36.6 Å². The van der Waals surface area contributed by atoms with E-state index >= 15 is 0 Å². The molecule has 1 saturated heterocycles. The van der Waals surface area contributed by atoms with Crippen LogP contribution in [-0.4, -0.2) is 47.5 Å². The lowest BCUT2D eigenvalue weighted by molar-refractivity contribution is 0.152. The molecule has 10 heteroatoms. The first kappa shape index (κ1) is 22.9. The minimum atomic E-state index is -0.466. The molecule has 1 aromatic carbocycles. The molecule has 4 heterocycles. The molecule has 5 rings (SSSR count). The quantitative estimate of drug-likeness (QED) is 0.274. The third-order valence-corrected chi connectivity index (χ3v) is 6.27. The number of nitrogens with zero attached hydrogens (tertiary/aromatic N) is 5. The lowest BCUT2D eigenvalue weighted by atomic mass is 10.1. The summed E-state index contributed by atoms with van der Waals surface area (Å²) in [4.78, 5) is 15.8. The molecule has 0 unspecified atom stereocenters. The monoisotopic (exact) mass is 489 g/mol. The number of halogens is 1. The number of rotatable bonds is 7. The Balaban J connectivity index is 1.20. The summed E-state index contributed by atoms with van der Waals surface area (Å²) in [6.45, 7) is 2.47. The highest BCUT2D eigenvalue weighted by atomic mass is 32.1. The van der Waals surface area contributed by atoms with Crippen molar-refractivity contribution in [3.8, 4) is 10.4 Å². The van der Waals surface area contributed by atoms with Crippen molar-refractivity contribution in [1.29, 1.82) is 0 Å². The second-order valence-corrected chi connectivity index (χ2v) is 8.79. The van der Waals surface area contributed by atoms with Gasteiger partial charge >= 0.3 is 0 Å². The Morgan fingerprint density at radius 3 is 2.86 bits per heavy atom. The Morgan fingerprint density at radius 2 is 2.00 bits per heavy atom. The average molecular weight is 490 g/mol. The number of anilines is 4. The Labute approximate surface area is 206 Å². The van der Waals surface area contributed by atoms with Crippen molar-refractivity contribution in [3.05, 3.63) is 77.8 Å². The maximum Gasteiger partial charge on any atom is 0.245 e. The molecule has 0 spiro atoms. The third kappa shape index (κ3) is 5.97. The van der Waals surface area contributed by atoms with E-state index in [0.717, 1.165) is 24.0 Å². The van der Waals surface area contributed by atoms with Gasteiger partial charge in [0, 0.05) is 30.3 Å². The molecule has 3 aromatic heterocycles. The number of aromatic nitrogens is 3. The highest BCUT2D eigenvalue weighted by molar-refractivity contribution is 7.13. The molecule has 2 N–H and O–H groups in total. The van der Waals surface area contributed by atoms with Crippen molar-refractivity contribution < 1.29 is 9.13 Å². The van der Waals surface area contributed by atoms with E-state index in [1.165, 1.54) is 10.4 Å². The van der Waals surface area contributed by atoms with Crippen molar-refractivity contribution in [2.45, 2.75) is 6.42 Å². The lowest BCUT2D eigenvalue weighted by Crippen LogP contribution is -2.28. The molecule has 0 atom stereocenters. The van der Waals surface area contributed by atoms with Gasteiger partial charge in [0.15, 0.2) is 11.6 Å². The van der Waals surface area contributed by atoms with Crippen LogP contribution in [0.15, 0.2) is 71.4 Å². The number of nitrogens with one attached hydrogen (secondary N) is 2. The fraction of sp³-hybridized carbons (Fsp3) is 0.200. The molecule has 4 aromatic rings. The number of hydrogen-bond acceptors (Lipinski definition) is 9. The summed E-state index contributed by atoms with van der Waals surface area (Å²) in [6.07, 6.45) is 5.28. The fourth-order valence-electron chi connectivity index (χ4n) is 3.66. The minimum Gasteiger partial charge on any atom is -0.380 e. The molecule has 178 valence electrons. The summed E-state index contributed by atoms with van der Waals surface area (Å²) in [6, 6.07) is 16.2. The minimum absolute atomic E-state index is 0.215. The summed E-state index contributed by atoms with van der Waals surface area (Å²) in [7, 11) is 0. The van der Waals surface area contributed by atoms with E-state index in [2.05, 4.69) is 54.4 Å². The van der Waals surface area contributed by atoms with Gasteiger partial charge in [-0.3, -0.25) is 4.98 Å². The summed E-state index contributed by atoms with van der Waals surface area (Å²) in [5.74, 6) is -0.00117. The number of thiophene rings is 1. The Morgan fingerprint density at radius 1 is 1.03 bits per heavy atom. The summed E-state index contributed by atoms with van der Waals surface area (Å²) >= 11 is 1.71. The van der Waals surface area contributed by atoms with Crippen LogP contribution in [0.3, 0.4) is 0 Å². The molecule has 0 amide bonds. The van der Waals surface area contributed by atoms with E-state index in [9.17, 15) is 4.39 Å². The molecule has 1 fully saturated rings. The number of ether oxygens (including phenoxy) is 1. The van der Waals surface area contributed by atoms with E-state index in [0.29, 0.717) is 32.0 Å². The predicted molar refractivity (Wildman–Crippen MR) is 138 cm³/mol. The highest BCUT2D eigenvalue weighted by Gasteiger charge is 2.16. The van der Waals surface area contributed by atoms with E-state index < -0.39 is 5.82 Å². The van der Waals surface area contributed by atoms with Crippen LogP contribution in [0.1, 0.15) is 12.1 Å². The topological polar surface area (TPSA) is 87.6 Å². The summed E-state index contributed by atoms with van der Waals surface area (Å²) in [5, 5.41) is 9.60. The van der Waals surface area contributed by atoms with Crippen molar-refractivity contribution in [2.75, 3.05) is 41.9 Å². The first-order chi connectivity index (χ1) is 17.2. The standard InChI is InChI=1S/C25H24FN7OS/c26-22-17-28-25(31-24(22)33-9-3-11-34-12-10-33)32-29-16-20-7-8-21(15-27-20)30-19-5-1-4-18(14-19)23-6-2-13-35-23/h1-2,4-8,13-17,30H,3,9-12H2,(H,28,31,32)/b29-16+. The normalized spacial score (nSPS) is 14.1. The SMILES string of the molecule is Fc1cnc(N/N=C/c2ccc(Nc3cccc(-c4cccs4)c3)cn2)nc1N1CCCOCC1. The van der Waals surface area contributed by atoms with Crippen LogP contribution in [0.25, 0.3) is 10.4 Å². The van der Waals surface area contributed by atoms with Crippen LogP contribution in [0.2, 0.25) is 0 Å². The van der Waals surface area contributed by atoms with Gasteiger partial charge in [0.1, 0.15) is 0 Å². The van der Waals surface area contributed by atoms with Crippen molar-refractivity contribution >= 4 is 40.7 Å². The maximum absolute atomic E-state index is 14.3. The average Bonchev–Trinajstić information content (AvgIpc) is 3.29. The smallest absolute Gasteiger partial charge is 0.245 e. The summed E-state index contributed by atoms with van der Waals surface area (Å²) < 4.78 is 19.7. The van der Waals surface area contributed by atoms with E-state index in [-0.39, 0.29) is 11.8 Å². The van der Waals surface area contributed by atoms with Gasteiger partial charge in [0.25, 0.3) is 0 Å². The first-order valence-corrected chi connectivity index (χ1v) is 12.1. The van der Waals surface area contributed by atoms with Gasteiger partial charge in [-0.2, -0.15) is 10.1 Å². The Bertz CT molecular complexity index is 1270. The fourth-order valence-corrected chi connectivity index (χ4v) is 4.39. The van der Waals surface area contributed by atoms with Crippen LogP contribution in [0.5, 0.6) is 0 Å². The van der Waals surface area contributed by atoms with Gasteiger partial charge in [-0.15, -0.1) is 11.3 Å². The van der Waals surface area contributed by atoms with Crippen molar-refractivity contribution in [2.24, 2.45) is 5.10 Å². The number of hydrogen-bond donors (Lipinski definition) is 2. The molecule has 0 saturated carbocycles. The molecule has 0 aliphatic carbocycles. The zero-order valence-corrected chi connectivity index (χ0v) is 19.7. The first-order valence-electron chi connectivity index (χ1n) is 11.3. The van der Waals surface area contributed by atoms with Gasteiger partial charge < -0.3 is 15.0 Å². The zero-order chi connectivity index (χ0) is 23.9. The highest BCUT2D eigenvalue weighted by Crippen LogP contribution is 2.28. The maximum atomic E-state index is 14.3. The largest absolute Gasteiger partial charge is 0.380 e. The Hall–Kier alpha value is -3.89. The predicted octanol–water partition coefficient (Wildman–Crippen LogP) is 5.16. The van der Waals surface area contributed by atoms with Crippen molar-refractivity contribution in [1.82, 2.24) is 15.0 Å². The summed E-state index contributed by atoms with van der Waals surface area (Å²) in [5.41, 5.74) is 6.44. The van der Waals surface area contributed by atoms with Gasteiger partial charge in [-0.1, -0.05) is 18.2 Å². The molecule has 8 nitrogen and oxygen atoms in total. The van der Waals surface area contributed by atoms with E-state index in [4.69, 9.17) is 4.74 Å². The zero-order valence-electron chi connectivity index (χ0n) is 18.9. The molecular weight excluding hydrogens is 465 g/mol. The van der Waals surface area contributed by atoms with Crippen LogP contribution < -0.4 is 15.6 Å². The molecule has 0 bridgehead atoms. The second-order valence-electron chi connectivity index (χ2n) is 7.84. The molecule has 1 aliphatic rings. The molecular formula is C25H24FN7OS. The van der Waals surface area contributed by atoms with Crippen LogP contribution in [0, 0.1) is 5.82 Å². The van der Waals surface area contributed by atoms with Crippen LogP contribution in [-0.2, 0) is 4.74 Å².